The molecule has 5 nitrogen and oxygen atoms in total. The van der Waals surface area contributed by atoms with Gasteiger partial charge in [-0.05, 0) is 41.3 Å². The fourth-order valence-corrected chi connectivity index (χ4v) is 3.06. The van der Waals surface area contributed by atoms with Crippen LogP contribution in [0.4, 0.5) is 5.82 Å². The number of rotatable bonds is 3. The van der Waals surface area contributed by atoms with Crippen molar-refractivity contribution >= 4 is 21.7 Å². The summed E-state index contributed by atoms with van der Waals surface area (Å²) in [7, 11) is 0. The molecule has 1 saturated heterocycles. The SMILES string of the molecule is Brc1cnn(C2CCN(c3ccnc(C4CC4)n3)C2)c1. The van der Waals surface area contributed by atoms with Crippen LogP contribution in [0.2, 0.25) is 0 Å². The molecule has 20 heavy (non-hydrogen) atoms. The second-order valence-corrected chi connectivity index (χ2v) is 6.49. The van der Waals surface area contributed by atoms with Crippen LogP contribution in [0.5, 0.6) is 0 Å². The summed E-state index contributed by atoms with van der Waals surface area (Å²) < 4.78 is 3.08. The summed E-state index contributed by atoms with van der Waals surface area (Å²) in [5, 5.41) is 4.39. The minimum Gasteiger partial charge on any atom is -0.354 e. The van der Waals surface area contributed by atoms with Gasteiger partial charge in [0.2, 0.25) is 0 Å². The fourth-order valence-electron chi connectivity index (χ4n) is 2.76. The van der Waals surface area contributed by atoms with Gasteiger partial charge in [0.1, 0.15) is 11.6 Å². The third kappa shape index (κ3) is 2.32. The third-order valence-electron chi connectivity index (χ3n) is 4.03. The molecule has 2 fully saturated rings. The second kappa shape index (κ2) is 4.84. The molecule has 2 aromatic heterocycles. The van der Waals surface area contributed by atoms with Gasteiger partial charge in [-0.25, -0.2) is 9.97 Å². The van der Waals surface area contributed by atoms with Gasteiger partial charge in [-0.1, -0.05) is 0 Å². The van der Waals surface area contributed by atoms with Crippen LogP contribution in [-0.4, -0.2) is 32.8 Å². The summed E-state index contributed by atoms with van der Waals surface area (Å²) in [6.45, 7) is 2.00. The first-order chi connectivity index (χ1) is 9.79. The molecule has 0 radical (unpaired) electrons. The van der Waals surface area contributed by atoms with Crippen LogP contribution >= 0.6 is 15.9 Å². The molecule has 2 aliphatic rings. The molecular formula is C14H16BrN5. The Bertz CT molecular complexity index is 622. The van der Waals surface area contributed by atoms with Crippen molar-refractivity contribution < 1.29 is 0 Å². The highest BCUT2D eigenvalue weighted by molar-refractivity contribution is 9.10. The van der Waals surface area contributed by atoms with Crippen LogP contribution < -0.4 is 4.90 Å². The Morgan fingerprint density at radius 3 is 2.90 bits per heavy atom. The molecule has 0 amide bonds. The van der Waals surface area contributed by atoms with E-state index in [2.05, 4.69) is 30.9 Å². The molecule has 1 atom stereocenters. The van der Waals surface area contributed by atoms with E-state index in [0.717, 1.165) is 35.6 Å². The number of halogens is 1. The lowest BCUT2D eigenvalue weighted by atomic mass is 10.3. The van der Waals surface area contributed by atoms with Crippen LogP contribution in [0.1, 0.15) is 37.0 Å². The van der Waals surface area contributed by atoms with Crippen LogP contribution in [-0.2, 0) is 0 Å². The Morgan fingerprint density at radius 1 is 1.25 bits per heavy atom. The highest BCUT2D eigenvalue weighted by atomic mass is 79.9. The molecule has 0 N–H and O–H groups in total. The van der Waals surface area contributed by atoms with Gasteiger partial charge in [0.05, 0.1) is 16.7 Å². The average molecular weight is 334 g/mol. The molecule has 104 valence electrons. The Kier molecular flexibility index (Phi) is 2.98. The maximum atomic E-state index is 4.73. The minimum absolute atomic E-state index is 0.431. The summed E-state index contributed by atoms with van der Waals surface area (Å²) in [5.74, 6) is 2.69. The first-order valence-corrected chi connectivity index (χ1v) is 7.86. The molecule has 3 heterocycles. The summed E-state index contributed by atoms with van der Waals surface area (Å²) in [6.07, 6.45) is 9.38. The monoisotopic (exact) mass is 333 g/mol. The van der Waals surface area contributed by atoms with E-state index in [1.165, 1.54) is 12.8 Å². The Morgan fingerprint density at radius 2 is 2.15 bits per heavy atom. The molecule has 1 aliphatic carbocycles. The minimum atomic E-state index is 0.431. The van der Waals surface area contributed by atoms with Gasteiger partial charge < -0.3 is 4.90 Å². The summed E-state index contributed by atoms with van der Waals surface area (Å²) in [6, 6.07) is 2.45. The zero-order chi connectivity index (χ0) is 13.5. The number of anilines is 1. The predicted octanol–water partition coefficient (Wildman–Crippen LogP) is 2.76. The van der Waals surface area contributed by atoms with E-state index >= 15 is 0 Å². The maximum absolute atomic E-state index is 4.73. The fraction of sp³-hybridized carbons (Fsp3) is 0.500. The molecule has 1 saturated carbocycles. The summed E-state index contributed by atoms with van der Waals surface area (Å²) in [5.41, 5.74) is 0. The van der Waals surface area contributed by atoms with Gasteiger partial charge in [-0.2, -0.15) is 5.10 Å². The largest absolute Gasteiger partial charge is 0.354 e. The van der Waals surface area contributed by atoms with E-state index in [1.54, 1.807) is 0 Å². The van der Waals surface area contributed by atoms with E-state index in [4.69, 9.17) is 4.98 Å². The van der Waals surface area contributed by atoms with Crippen molar-refractivity contribution in [3.63, 3.8) is 0 Å². The van der Waals surface area contributed by atoms with Gasteiger partial charge in [-0.3, -0.25) is 4.68 Å². The summed E-state index contributed by atoms with van der Waals surface area (Å²) in [4.78, 5) is 11.5. The van der Waals surface area contributed by atoms with Gasteiger partial charge in [0.15, 0.2) is 0 Å². The highest BCUT2D eigenvalue weighted by Gasteiger charge is 2.29. The van der Waals surface area contributed by atoms with Crippen molar-refractivity contribution in [2.24, 2.45) is 0 Å². The molecule has 4 rings (SSSR count). The quantitative estimate of drug-likeness (QED) is 0.866. The zero-order valence-corrected chi connectivity index (χ0v) is 12.7. The number of hydrogen-bond donors (Lipinski definition) is 0. The van der Waals surface area contributed by atoms with Crippen molar-refractivity contribution in [1.29, 1.82) is 0 Å². The normalized spacial score (nSPS) is 22.4. The Labute approximate surface area is 126 Å². The first kappa shape index (κ1) is 12.3. The lowest BCUT2D eigenvalue weighted by Crippen LogP contribution is -2.22. The van der Waals surface area contributed by atoms with E-state index in [0.29, 0.717) is 12.0 Å². The summed E-state index contributed by atoms with van der Waals surface area (Å²) >= 11 is 3.45. The van der Waals surface area contributed by atoms with Crippen LogP contribution in [0, 0.1) is 0 Å². The molecule has 1 aliphatic heterocycles. The van der Waals surface area contributed by atoms with Crippen molar-refractivity contribution in [2.45, 2.75) is 31.2 Å². The van der Waals surface area contributed by atoms with E-state index in [-0.39, 0.29) is 0 Å². The van der Waals surface area contributed by atoms with Crippen LogP contribution in [0.25, 0.3) is 0 Å². The topological polar surface area (TPSA) is 46.8 Å². The van der Waals surface area contributed by atoms with Crippen molar-refractivity contribution in [2.75, 3.05) is 18.0 Å². The van der Waals surface area contributed by atoms with Gasteiger partial charge in [-0.15, -0.1) is 0 Å². The predicted molar refractivity (Wildman–Crippen MR) is 79.8 cm³/mol. The molecule has 0 aromatic carbocycles. The Balaban J connectivity index is 1.51. The lowest BCUT2D eigenvalue weighted by Gasteiger charge is -2.18. The highest BCUT2D eigenvalue weighted by Crippen LogP contribution is 2.38. The van der Waals surface area contributed by atoms with Gasteiger partial charge in [0.25, 0.3) is 0 Å². The van der Waals surface area contributed by atoms with Gasteiger partial charge >= 0.3 is 0 Å². The smallest absolute Gasteiger partial charge is 0.133 e. The molecular weight excluding hydrogens is 318 g/mol. The molecule has 1 unspecified atom stereocenters. The first-order valence-electron chi connectivity index (χ1n) is 7.07. The lowest BCUT2D eigenvalue weighted by molar-refractivity contribution is 0.494. The molecule has 0 bridgehead atoms. The van der Waals surface area contributed by atoms with Gasteiger partial charge in [0, 0.05) is 31.4 Å². The van der Waals surface area contributed by atoms with E-state index in [9.17, 15) is 0 Å². The average Bonchev–Trinajstić information content (AvgIpc) is 3.04. The number of aromatic nitrogens is 4. The number of hydrogen-bond acceptors (Lipinski definition) is 4. The van der Waals surface area contributed by atoms with E-state index < -0.39 is 0 Å². The maximum Gasteiger partial charge on any atom is 0.133 e. The molecule has 0 spiro atoms. The standard InChI is InChI=1S/C14H16BrN5/c15-11-7-17-20(8-11)12-4-6-19(9-12)13-3-5-16-14(18-13)10-1-2-10/h3,5,7-8,10,12H,1-2,4,6,9H2. The van der Waals surface area contributed by atoms with Crippen LogP contribution in [0.15, 0.2) is 29.1 Å². The van der Waals surface area contributed by atoms with Crippen molar-refractivity contribution in [3.05, 3.63) is 35.0 Å². The second-order valence-electron chi connectivity index (χ2n) is 5.57. The van der Waals surface area contributed by atoms with E-state index in [1.807, 2.05) is 29.3 Å². The Hall–Kier alpha value is -1.43. The van der Waals surface area contributed by atoms with Crippen molar-refractivity contribution in [1.82, 2.24) is 19.7 Å². The molecule has 2 aromatic rings. The molecule has 6 heteroatoms. The third-order valence-corrected chi connectivity index (χ3v) is 4.44. The number of nitrogens with zero attached hydrogens (tertiary/aromatic N) is 5. The van der Waals surface area contributed by atoms with Crippen molar-refractivity contribution in [3.8, 4) is 0 Å². The zero-order valence-electron chi connectivity index (χ0n) is 11.1. The van der Waals surface area contributed by atoms with Crippen LogP contribution in [0.3, 0.4) is 0 Å².